The second kappa shape index (κ2) is 3.69. The normalized spacial score (nSPS) is 24.9. The minimum absolute atomic E-state index is 0.129. The first-order chi connectivity index (χ1) is 7.13. The maximum Gasteiger partial charge on any atom is 0.166 e. The molecule has 1 aromatic carbocycles. The van der Waals surface area contributed by atoms with Crippen LogP contribution in [0.5, 0.6) is 5.75 Å². The summed E-state index contributed by atoms with van der Waals surface area (Å²) < 4.78 is 5.14. The number of hydrogen-bond donors (Lipinski definition) is 0. The molecule has 1 aromatic rings. The fraction of sp³-hybridized carbons (Fsp3) is 0.462. The largest absolute Gasteiger partial charge is 0.497 e. The molecular formula is C13H16O2. The molecule has 2 rings (SSSR count). The van der Waals surface area contributed by atoms with Crippen molar-refractivity contribution in [2.24, 2.45) is 11.8 Å². The maximum absolute atomic E-state index is 12.0. The molecule has 80 valence electrons. The Hall–Kier alpha value is -1.31. The van der Waals surface area contributed by atoms with Crippen LogP contribution >= 0.6 is 0 Å². The van der Waals surface area contributed by atoms with Crippen molar-refractivity contribution in [1.29, 1.82) is 0 Å². The molecule has 0 aliphatic heterocycles. The summed E-state index contributed by atoms with van der Waals surface area (Å²) in [6, 6.07) is 5.79. The average Bonchev–Trinajstić information content (AvgIpc) is 2.26. The van der Waals surface area contributed by atoms with Crippen LogP contribution in [0.4, 0.5) is 0 Å². The van der Waals surface area contributed by atoms with Gasteiger partial charge in [-0.05, 0) is 30.0 Å². The summed E-state index contributed by atoms with van der Waals surface area (Å²) in [6.07, 6.45) is 0.992. The van der Waals surface area contributed by atoms with Crippen LogP contribution in [-0.4, -0.2) is 12.9 Å². The van der Waals surface area contributed by atoms with Gasteiger partial charge < -0.3 is 4.74 Å². The molecule has 0 heterocycles. The molecule has 2 heteroatoms. The molecule has 1 aliphatic rings. The van der Waals surface area contributed by atoms with Crippen LogP contribution in [0.1, 0.15) is 29.8 Å². The van der Waals surface area contributed by atoms with Crippen molar-refractivity contribution in [2.45, 2.75) is 20.3 Å². The number of ketones is 1. The Balaban J connectivity index is 2.47. The summed E-state index contributed by atoms with van der Waals surface area (Å²) in [4.78, 5) is 12.0. The lowest BCUT2D eigenvalue weighted by molar-refractivity contribution is 0.0876. The topological polar surface area (TPSA) is 26.3 Å². The number of fused-ring (bicyclic) bond motifs is 1. The van der Waals surface area contributed by atoms with Gasteiger partial charge in [0.2, 0.25) is 0 Å². The van der Waals surface area contributed by atoms with Gasteiger partial charge in [0.25, 0.3) is 0 Å². The van der Waals surface area contributed by atoms with Crippen molar-refractivity contribution in [2.75, 3.05) is 7.11 Å². The van der Waals surface area contributed by atoms with Crippen LogP contribution in [0.2, 0.25) is 0 Å². The monoisotopic (exact) mass is 204 g/mol. The second-order valence-electron chi connectivity index (χ2n) is 4.36. The third kappa shape index (κ3) is 1.65. The molecule has 2 unspecified atom stereocenters. The van der Waals surface area contributed by atoms with Gasteiger partial charge in [-0.15, -0.1) is 0 Å². The van der Waals surface area contributed by atoms with E-state index < -0.39 is 0 Å². The van der Waals surface area contributed by atoms with Crippen molar-refractivity contribution < 1.29 is 9.53 Å². The highest BCUT2D eigenvalue weighted by Crippen LogP contribution is 2.31. The Labute approximate surface area is 90.3 Å². The molecule has 15 heavy (non-hydrogen) atoms. The number of rotatable bonds is 1. The van der Waals surface area contributed by atoms with Crippen LogP contribution in [0, 0.1) is 11.8 Å². The third-order valence-electron chi connectivity index (χ3n) is 3.39. The van der Waals surface area contributed by atoms with E-state index in [-0.39, 0.29) is 11.7 Å². The summed E-state index contributed by atoms with van der Waals surface area (Å²) in [6.45, 7) is 4.14. The Morgan fingerprint density at radius 1 is 1.33 bits per heavy atom. The SMILES string of the molecule is COc1ccc2c(c1)C(=O)C(C)C(C)C2. The van der Waals surface area contributed by atoms with Gasteiger partial charge in [0.15, 0.2) is 5.78 Å². The highest BCUT2D eigenvalue weighted by Gasteiger charge is 2.29. The van der Waals surface area contributed by atoms with Crippen molar-refractivity contribution in [3.8, 4) is 5.75 Å². The summed E-state index contributed by atoms with van der Waals surface area (Å²) >= 11 is 0. The predicted molar refractivity (Wildman–Crippen MR) is 59.4 cm³/mol. The Morgan fingerprint density at radius 2 is 2.07 bits per heavy atom. The van der Waals surface area contributed by atoms with Gasteiger partial charge in [-0.2, -0.15) is 0 Å². The van der Waals surface area contributed by atoms with Crippen LogP contribution in [0.25, 0.3) is 0 Å². The molecule has 0 amide bonds. The first kappa shape index (κ1) is 10.2. The van der Waals surface area contributed by atoms with E-state index in [0.717, 1.165) is 23.3 Å². The van der Waals surface area contributed by atoms with Crippen molar-refractivity contribution in [3.05, 3.63) is 29.3 Å². The molecule has 1 aliphatic carbocycles. The fourth-order valence-corrected chi connectivity index (χ4v) is 2.12. The van der Waals surface area contributed by atoms with Gasteiger partial charge in [0.05, 0.1) is 7.11 Å². The number of benzene rings is 1. The number of carbonyl (C=O) groups is 1. The lowest BCUT2D eigenvalue weighted by Crippen LogP contribution is -2.27. The van der Waals surface area contributed by atoms with Gasteiger partial charge in [-0.25, -0.2) is 0 Å². The predicted octanol–water partition coefficient (Wildman–Crippen LogP) is 2.71. The quantitative estimate of drug-likeness (QED) is 0.703. The molecule has 0 bridgehead atoms. The summed E-state index contributed by atoms with van der Waals surface area (Å²) in [5, 5.41) is 0. The van der Waals surface area contributed by atoms with Crippen molar-refractivity contribution >= 4 is 5.78 Å². The van der Waals surface area contributed by atoms with Crippen LogP contribution in [0.3, 0.4) is 0 Å². The molecule has 2 nitrogen and oxygen atoms in total. The molecule has 0 aromatic heterocycles. The number of Topliss-reactive ketones (excluding diaryl/α,β-unsaturated/α-hetero) is 1. The molecule has 0 N–H and O–H groups in total. The maximum atomic E-state index is 12.0. The number of carbonyl (C=O) groups excluding carboxylic acids is 1. The summed E-state index contributed by atoms with van der Waals surface area (Å²) in [7, 11) is 1.63. The van der Waals surface area contributed by atoms with E-state index in [2.05, 4.69) is 6.92 Å². The number of hydrogen-bond acceptors (Lipinski definition) is 2. The van der Waals surface area contributed by atoms with Gasteiger partial charge in [-0.3, -0.25) is 4.79 Å². The Kier molecular flexibility index (Phi) is 2.51. The molecule has 2 atom stereocenters. The lowest BCUT2D eigenvalue weighted by atomic mass is 9.77. The zero-order valence-corrected chi connectivity index (χ0v) is 9.41. The van der Waals surface area contributed by atoms with Crippen LogP contribution in [0.15, 0.2) is 18.2 Å². The van der Waals surface area contributed by atoms with E-state index >= 15 is 0 Å². The van der Waals surface area contributed by atoms with E-state index in [1.807, 2.05) is 25.1 Å². The van der Waals surface area contributed by atoms with Gasteiger partial charge in [0, 0.05) is 11.5 Å². The standard InChI is InChI=1S/C13H16O2/c1-8-6-10-4-5-11(15-3)7-12(10)13(14)9(8)2/h4-5,7-9H,6H2,1-3H3. The highest BCUT2D eigenvalue weighted by molar-refractivity contribution is 6.00. The fourth-order valence-electron chi connectivity index (χ4n) is 2.12. The molecular weight excluding hydrogens is 188 g/mol. The van der Waals surface area contributed by atoms with Crippen LogP contribution in [-0.2, 0) is 6.42 Å². The van der Waals surface area contributed by atoms with Crippen molar-refractivity contribution in [3.63, 3.8) is 0 Å². The minimum Gasteiger partial charge on any atom is -0.497 e. The smallest absolute Gasteiger partial charge is 0.166 e. The molecule has 0 spiro atoms. The molecule has 0 saturated heterocycles. The van der Waals surface area contributed by atoms with Gasteiger partial charge >= 0.3 is 0 Å². The van der Waals surface area contributed by atoms with E-state index in [9.17, 15) is 4.79 Å². The van der Waals surface area contributed by atoms with E-state index in [4.69, 9.17) is 4.74 Å². The van der Waals surface area contributed by atoms with Gasteiger partial charge in [-0.1, -0.05) is 19.9 Å². The number of ether oxygens (including phenoxy) is 1. The molecule has 0 saturated carbocycles. The molecule has 0 fully saturated rings. The zero-order valence-electron chi connectivity index (χ0n) is 9.41. The Bertz CT molecular complexity index is 396. The van der Waals surface area contributed by atoms with Crippen molar-refractivity contribution in [1.82, 2.24) is 0 Å². The van der Waals surface area contributed by atoms with E-state index in [1.165, 1.54) is 0 Å². The highest BCUT2D eigenvalue weighted by atomic mass is 16.5. The average molecular weight is 204 g/mol. The first-order valence-corrected chi connectivity index (χ1v) is 5.34. The molecule has 0 radical (unpaired) electrons. The minimum atomic E-state index is 0.129. The van der Waals surface area contributed by atoms with E-state index in [0.29, 0.717) is 5.92 Å². The first-order valence-electron chi connectivity index (χ1n) is 5.34. The lowest BCUT2D eigenvalue weighted by Gasteiger charge is -2.26. The summed E-state index contributed by atoms with van der Waals surface area (Å²) in [5.74, 6) is 1.59. The number of methoxy groups -OCH3 is 1. The Morgan fingerprint density at radius 3 is 2.73 bits per heavy atom. The summed E-state index contributed by atoms with van der Waals surface area (Å²) in [5.41, 5.74) is 2.01. The zero-order chi connectivity index (χ0) is 11.0. The van der Waals surface area contributed by atoms with E-state index in [1.54, 1.807) is 7.11 Å². The second-order valence-corrected chi connectivity index (χ2v) is 4.36. The van der Waals surface area contributed by atoms with Crippen LogP contribution < -0.4 is 4.74 Å². The van der Waals surface area contributed by atoms with Gasteiger partial charge in [0.1, 0.15) is 5.75 Å². The third-order valence-corrected chi connectivity index (χ3v) is 3.39.